The number of hydrogen-bond acceptors (Lipinski definition) is 3. The van der Waals surface area contributed by atoms with E-state index in [1.54, 1.807) is 12.1 Å². The van der Waals surface area contributed by atoms with Gasteiger partial charge in [-0.15, -0.1) is 13.2 Å². The minimum absolute atomic E-state index is 0.133. The second kappa shape index (κ2) is 6.24. The molecule has 1 heterocycles. The average molecular weight is 284 g/mol. The van der Waals surface area contributed by atoms with E-state index in [2.05, 4.69) is 9.72 Å². The molecule has 1 aromatic heterocycles. The van der Waals surface area contributed by atoms with Crippen molar-refractivity contribution in [2.45, 2.75) is 26.1 Å². The van der Waals surface area contributed by atoms with Gasteiger partial charge in [-0.25, -0.2) is 4.98 Å². The van der Waals surface area contributed by atoms with Crippen molar-refractivity contribution >= 4 is 11.6 Å². The third-order valence-corrected chi connectivity index (χ3v) is 2.30. The standard InChI is InChI=1S/C11H13ClF3NO2/c1-7(2)8-3-4-9(10(12)16-8)17-5-6-18-11(13,14)15/h3-4,7H,5-6H2,1-2H3. The van der Waals surface area contributed by atoms with Gasteiger partial charge in [-0.3, -0.25) is 4.74 Å². The molecule has 0 N–H and O–H groups in total. The second-order valence-electron chi connectivity index (χ2n) is 3.82. The van der Waals surface area contributed by atoms with Gasteiger partial charge in [0.1, 0.15) is 6.61 Å². The molecule has 0 spiro atoms. The molecular formula is C11H13ClF3NO2. The van der Waals surface area contributed by atoms with Gasteiger partial charge in [0.05, 0.1) is 6.61 Å². The number of halogens is 4. The van der Waals surface area contributed by atoms with Crippen LogP contribution >= 0.6 is 11.6 Å². The molecule has 0 aliphatic rings. The summed E-state index contributed by atoms with van der Waals surface area (Å²) >= 11 is 5.84. The van der Waals surface area contributed by atoms with Crippen molar-refractivity contribution in [3.63, 3.8) is 0 Å². The molecule has 0 saturated carbocycles. The number of ether oxygens (including phenoxy) is 2. The van der Waals surface area contributed by atoms with Crippen molar-refractivity contribution < 1.29 is 22.6 Å². The summed E-state index contributed by atoms with van der Waals surface area (Å²) < 4.78 is 43.7. The summed E-state index contributed by atoms with van der Waals surface area (Å²) in [6.45, 7) is 3.07. The fraction of sp³-hybridized carbons (Fsp3) is 0.545. The average Bonchev–Trinajstić information content (AvgIpc) is 2.24. The van der Waals surface area contributed by atoms with Crippen LogP contribution in [0.5, 0.6) is 5.75 Å². The first-order valence-electron chi connectivity index (χ1n) is 5.29. The fourth-order valence-electron chi connectivity index (χ4n) is 1.17. The lowest BCUT2D eigenvalue weighted by Crippen LogP contribution is -2.18. The molecule has 3 nitrogen and oxygen atoms in total. The van der Waals surface area contributed by atoms with Gasteiger partial charge in [0.25, 0.3) is 0 Å². The number of alkyl halides is 3. The van der Waals surface area contributed by atoms with Crippen LogP contribution in [0.2, 0.25) is 5.15 Å². The highest BCUT2D eigenvalue weighted by molar-refractivity contribution is 6.30. The van der Waals surface area contributed by atoms with Crippen LogP contribution in [0.4, 0.5) is 13.2 Å². The molecule has 0 fully saturated rings. The van der Waals surface area contributed by atoms with Crippen molar-refractivity contribution in [1.82, 2.24) is 4.98 Å². The van der Waals surface area contributed by atoms with Crippen LogP contribution in [0, 0.1) is 0 Å². The quantitative estimate of drug-likeness (QED) is 0.609. The van der Waals surface area contributed by atoms with E-state index >= 15 is 0 Å². The Bertz CT molecular complexity index is 396. The minimum atomic E-state index is -4.65. The molecule has 0 aliphatic heterocycles. The van der Waals surface area contributed by atoms with Gasteiger partial charge in [-0.2, -0.15) is 0 Å². The summed E-state index contributed by atoms with van der Waals surface area (Å²) in [4.78, 5) is 4.08. The molecule has 102 valence electrons. The zero-order chi connectivity index (χ0) is 13.8. The number of rotatable bonds is 5. The summed E-state index contributed by atoms with van der Waals surface area (Å²) in [5, 5.41) is 0.133. The van der Waals surface area contributed by atoms with Gasteiger partial charge in [-0.05, 0) is 18.1 Å². The van der Waals surface area contributed by atoms with Gasteiger partial charge in [-0.1, -0.05) is 25.4 Å². The number of pyridine rings is 1. The van der Waals surface area contributed by atoms with Crippen molar-refractivity contribution in [3.05, 3.63) is 23.0 Å². The lowest BCUT2D eigenvalue weighted by Gasteiger charge is -2.11. The predicted octanol–water partition coefficient (Wildman–Crippen LogP) is 3.77. The van der Waals surface area contributed by atoms with E-state index in [1.807, 2.05) is 13.8 Å². The predicted molar refractivity (Wildman–Crippen MR) is 60.8 cm³/mol. The Morgan fingerprint density at radius 3 is 2.44 bits per heavy atom. The largest absolute Gasteiger partial charge is 0.522 e. The van der Waals surface area contributed by atoms with Gasteiger partial charge in [0.2, 0.25) is 0 Å². The van der Waals surface area contributed by atoms with E-state index in [9.17, 15) is 13.2 Å². The highest BCUT2D eigenvalue weighted by Gasteiger charge is 2.28. The van der Waals surface area contributed by atoms with Crippen LogP contribution in [0.3, 0.4) is 0 Å². The summed E-state index contributed by atoms with van der Waals surface area (Å²) in [6.07, 6.45) is -4.65. The molecule has 0 amide bonds. The van der Waals surface area contributed by atoms with Crippen molar-refractivity contribution in [3.8, 4) is 5.75 Å². The molecule has 0 unspecified atom stereocenters. The normalized spacial score (nSPS) is 11.9. The first-order valence-corrected chi connectivity index (χ1v) is 5.67. The van der Waals surface area contributed by atoms with Crippen LogP contribution in [-0.4, -0.2) is 24.6 Å². The topological polar surface area (TPSA) is 31.4 Å². The van der Waals surface area contributed by atoms with E-state index in [1.165, 1.54) is 0 Å². The zero-order valence-corrected chi connectivity index (χ0v) is 10.7. The Hall–Kier alpha value is -1.01. The monoisotopic (exact) mass is 283 g/mol. The maximum Gasteiger partial charge on any atom is 0.522 e. The van der Waals surface area contributed by atoms with Crippen LogP contribution < -0.4 is 4.74 Å². The van der Waals surface area contributed by atoms with E-state index in [0.717, 1.165) is 5.69 Å². The van der Waals surface area contributed by atoms with Crippen molar-refractivity contribution in [2.75, 3.05) is 13.2 Å². The van der Waals surface area contributed by atoms with Gasteiger partial charge in [0.15, 0.2) is 10.9 Å². The first kappa shape index (κ1) is 15.0. The lowest BCUT2D eigenvalue weighted by atomic mass is 10.1. The highest BCUT2D eigenvalue weighted by Crippen LogP contribution is 2.25. The third kappa shape index (κ3) is 5.10. The Balaban J connectivity index is 2.48. The number of hydrogen-bond donors (Lipinski definition) is 0. The first-order chi connectivity index (χ1) is 8.29. The lowest BCUT2D eigenvalue weighted by molar-refractivity contribution is -0.325. The summed E-state index contributed by atoms with van der Waals surface area (Å²) in [7, 11) is 0. The SMILES string of the molecule is CC(C)c1ccc(OCCOC(F)(F)F)c(Cl)n1. The zero-order valence-electron chi connectivity index (χ0n) is 9.92. The van der Waals surface area contributed by atoms with Gasteiger partial charge >= 0.3 is 6.36 Å². The molecular weight excluding hydrogens is 271 g/mol. The molecule has 0 bridgehead atoms. The van der Waals surface area contributed by atoms with Crippen molar-refractivity contribution in [1.29, 1.82) is 0 Å². The molecule has 0 aliphatic carbocycles. The Kier molecular flexibility index (Phi) is 5.22. The molecule has 7 heteroatoms. The molecule has 1 rings (SSSR count). The van der Waals surface area contributed by atoms with E-state index < -0.39 is 13.0 Å². The van der Waals surface area contributed by atoms with E-state index in [-0.39, 0.29) is 23.4 Å². The van der Waals surface area contributed by atoms with Crippen LogP contribution in [0.1, 0.15) is 25.5 Å². The Labute approximate surface area is 108 Å². The molecule has 0 atom stereocenters. The van der Waals surface area contributed by atoms with Gasteiger partial charge in [0, 0.05) is 5.69 Å². The summed E-state index contributed by atoms with van der Waals surface area (Å²) in [5.74, 6) is 0.456. The van der Waals surface area contributed by atoms with Crippen LogP contribution in [-0.2, 0) is 4.74 Å². The molecule has 0 radical (unpaired) electrons. The molecule has 0 aromatic carbocycles. The summed E-state index contributed by atoms with van der Waals surface area (Å²) in [5.41, 5.74) is 0.791. The number of aromatic nitrogens is 1. The van der Waals surface area contributed by atoms with Crippen LogP contribution in [0.25, 0.3) is 0 Å². The fourth-order valence-corrected chi connectivity index (χ4v) is 1.39. The van der Waals surface area contributed by atoms with E-state index in [4.69, 9.17) is 16.3 Å². The smallest absolute Gasteiger partial charge is 0.488 e. The highest BCUT2D eigenvalue weighted by atomic mass is 35.5. The minimum Gasteiger partial charge on any atom is -0.488 e. The Morgan fingerprint density at radius 2 is 1.94 bits per heavy atom. The third-order valence-electron chi connectivity index (χ3n) is 2.03. The maximum atomic E-state index is 11.7. The number of nitrogens with zero attached hydrogens (tertiary/aromatic N) is 1. The Morgan fingerprint density at radius 1 is 1.28 bits per heavy atom. The summed E-state index contributed by atoms with van der Waals surface area (Å²) in [6, 6.07) is 3.30. The molecule has 1 aromatic rings. The second-order valence-corrected chi connectivity index (χ2v) is 4.18. The van der Waals surface area contributed by atoms with Gasteiger partial charge < -0.3 is 4.74 Å². The molecule has 0 saturated heterocycles. The van der Waals surface area contributed by atoms with E-state index in [0.29, 0.717) is 0 Å². The van der Waals surface area contributed by atoms with Crippen LogP contribution in [0.15, 0.2) is 12.1 Å². The van der Waals surface area contributed by atoms with Crippen molar-refractivity contribution in [2.24, 2.45) is 0 Å². The maximum absolute atomic E-state index is 11.7. The molecule has 18 heavy (non-hydrogen) atoms.